The van der Waals surface area contributed by atoms with E-state index in [0.29, 0.717) is 12.4 Å². The lowest BCUT2D eigenvalue weighted by Crippen LogP contribution is -1.97. The second-order valence-electron chi connectivity index (χ2n) is 4.14. The maximum absolute atomic E-state index is 10.5. The van der Waals surface area contributed by atoms with Crippen LogP contribution in [0.4, 0.5) is 0 Å². The minimum absolute atomic E-state index is 0.398. The van der Waals surface area contributed by atoms with E-state index in [-0.39, 0.29) is 0 Å². The number of rotatable bonds is 5. The van der Waals surface area contributed by atoms with Gasteiger partial charge in [0.2, 0.25) is 0 Å². The van der Waals surface area contributed by atoms with Crippen molar-refractivity contribution in [1.29, 1.82) is 0 Å². The molecule has 2 aromatic rings. The standard InChI is InChI=1S/C15H11Br2NO3/c16-12-6-10(3-4-14(19)20)7-13(17)15(12)21-9-11-2-1-5-18-8-11/h1-8H,9H2,(H,19,20)/b4-3+. The summed E-state index contributed by atoms with van der Waals surface area (Å²) in [5.41, 5.74) is 1.72. The number of carboxylic acids is 1. The maximum Gasteiger partial charge on any atom is 0.328 e. The molecule has 0 radical (unpaired) electrons. The fourth-order valence-electron chi connectivity index (χ4n) is 1.62. The monoisotopic (exact) mass is 411 g/mol. The molecule has 1 aromatic heterocycles. The van der Waals surface area contributed by atoms with Crippen molar-refractivity contribution in [3.05, 3.63) is 62.8 Å². The molecule has 0 bridgehead atoms. The minimum Gasteiger partial charge on any atom is -0.486 e. The van der Waals surface area contributed by atoms with Gasteiger partial charge in [0.05, 0.1) is 8.95 Å². The summed E-state index contributed by atoms with van der Waals surface area (Å²) >= 11 is 6.85. The molecule has 0 aliphatic carbocycles. The summed E-state index contributed by atoms with van der Waals surface area (Å²) in [6, 6.07) is 7.37. The number of nitrogens with zero attached hydrogens (tertiary/aromatic N) is 1. The van der Waals surface area contributed by atoms with Gasteiger partial charge in [0.1, 0.15) is 12.4 Å². The minimum atomic E-state index is -0.987. The van der Waals surface area contributed by atoms with E-state index in [1.54, 1.807) is 24.5 Å². The first-order valence-electron chi connectivity index (χ1n) is 5.98. The molecule has 0 atom stereocenters. The quantitative estimate of drug-likeness (QED) is 0.744. The van der Waals surface area contributed by atoms with Crippen molar-refractivity contribution < 1.29 is 14.6 Å². The Bertz CT molecular complexity index is 649. The van der Waals surface area contributed by atoms with Gasteiger partial charge < -0.3 is 9.84 Å². The molecular formula is C15H11Br2NO3. The first kappa shape index (κ1) is 15.7. The zero-order valence-electron chi connectivity index (χ0n) is 10.8. The molecule has 1 N–H and O–H groups in total. The lowest BCUT2D eigenvalue weighted by molar-refractivity contribution is -0.131. The van der Waals surface area contributed by atoms with Crippen molar-refractivity contribution in [3.8, 4) is 5.75 Å². The highest BCUT2D eigenvalue weighted by molar-refractivity contribution is 9.11. The van der Waals surface area contributed by atoms with Crippen LogP contribution in [-0.4, -0.2) is 16.1 Å². The average molecular weight is 413 g/mol. The highest BCUT2D eigenvalue weighted by Crippen LogP contribution is 2.35. The van der Waals surface area contributed by atoms with Crippen LogP contribution in [0.2, 0.25) is 0 Å². The number of aromatic nitrogens is 1. The van der Waals surface area contributed by atoms with Gasteiger partial charge in [-0.15, -0.1) is 0 Å². The highest BCUT2D eigenvalue weighted by Gasteiger charge is 2.08. The van der Waals surface area contributed by atoms with E-state index >= 15 is 0 Å². The van der Waals surface area contributed by atoms with Crippen molar-refractivity contribution in [2.45, 2.75) is 6.61 Å². The summed E-state index contributed by atoms with van der Waals surface area (Å²) < 4.78 is 7.24. The number of pyridine rings is 1. The molecule has 0 aliphatic rings. The van der Waals surface area contributed by atoms with E-state index in [2.05, 4.69) is 36.8 Å². The van der Waals surface area contributed by atoms with Crippen molar-refractivity contribution in [2.24, 2.45) is 0 Å². The SMILES string of the molecule is O=C(O)/C=C/c1cc(Br)c(OCc2cccnc2)c(Br)c1. The van der Waals surface area contributed by atoms with Gasteiger partial charge in [0.25, 0.3) is 0 Å². The van der Waals surface area contributed by atoms with Crippen molar-refractivity contribution in [3.63, 3.8) is 0 Å². The summed E-state index contributed by atoms with van der Waals surface area (Å²) in [5, 5.41) is 8.64. The normalized spacial score (nSPS) is 10.8. The predicted molar refractivity (Wildman–Crippen MR) is 87.1 cm³/mol. The average Bonchev–Trinajstić information content (AvgIpc) is 2.45. The van der Waals surface area contributed by atoms with Crippen LogP contribution in [0, 0.1) is 0 Å². The molecule has 0 fully saturated rings. The summed E-state index contributed by atoms with van der Waals surface area (Å²) in [5.74, 6) is -0.328. The van der Waals surface area contributed by atoms with E-state index in [9.17, 15) is 4.79 Å². The van der Waals surface area contributed by atoms with Crippen LogP contribution in [0.3, 0.4) is 0 Å². The van der Waals surface area contributed by atoms with Crippen LogP contribution < -0.4 is 4.74 Å². The molecule has 1 heterocycles. The Balaban J connectivity index is 2.15. The second-order valence-corrected chi connectivity index (χ2v) is 5.84. The molecule has 108 valence electrons. The fourth-order valence-corrected chi connectivity index (χ4v) is 3.07. The Morgan fingerprint density at radius 1 is 1.33 bits per heavy atom. The molecule has 0 saturated carbocycles. The third-order valence-corrected chi connectivity index (χ3v) is 3.72. The van der Waals surface area contributed by atoms with Gasteiger partial charge in [-0.25, -0.2) is 4.79 Å². The smallest absolute Gasteiger partial charge is 0.328 e. The largest absolute Gasteiger partial charge is 0.486 e. The Labute approximate surface area is 138 Å². The van der Waals surface area contributed by atoms with Crippen molar-refractivity contribution in [2.75, 3.05) is 0 Å². The maximum atomic E-state index is 10.5. The van der Waals surface area contributed by atoms with Gasteiger partial charge in [-0.2, -0.15) is 0 Å². The van der Waals surface area contributed by atoms with Gasteiger partial charge in [-0.05, 0) is 61.7 Å². The van der Waals surface area contributed by atoms with Crippen LogP contribution >= 0.6 is 31.9 Å². The zero-order valence-corrected chi connectivity index (χ0v) is 14.0. The lowest BCUT2D eigenvalue weighted by Gasteiger charge is -2.11. The van der Waals surface area contributed by atoms with E-state index in [4.69, 9.17) is 9.84 Å². The number of halogens is 2. The Kier molecular flexibility index (Phi) is 5.52. The summed E-state index contributed by atoms with van der Waals surface area (Å²) in [7, 11) is 0. The zero-order chi connectivity index (χ0) is 15.2. The van der Waals surface area contributed by atoms with Crippen LogP contribution in [0.1, 0.15) is 11.1 Å². The molecule has 0 amide bonds. The number of aliphatic carboxylic acids is 1. The number of carboxylic acid groups (broad SMARTS) is 1. The summed E-state index contributed by atoms with van der Waals surface area (Å²) in [6.07, 6.45) is 6.05. The van der Waals surface area contributed by atoms with Gasteiger partial charge >= 0.3 is 5.97 Å². The van der Waals surface area contributed by atoms with Crippen LogP contribution in [0.5, 0.6) is 5.75 Å². The molecule has 0 aliphatic heterocycles. The molecule has 2 rings (SSSR count). The molecule has 6 heteroatoms. The Morgan fingerprint density at radius 2 is 2.05 bits per heavy atom. The van der Waals surface area contributed by atoms with Gasteiger partial charge in [0.15, 0.2) is 0 Å². The number of benzene rings is 1. The van der Waals surface area contributed by atoms with Gasteiger partial charge in [0, 0.05) is 24.0 Å². The first-order chi connectivity index (χ1) is 10.1. The number of ether oxygens (including phenoxy) is 1. The van der Waals surface area contributed by atoms with E-state index < -0.39 is 5.97 Å². The first-order valence-corrected chi connectivity index (χ1v) is 7.56. The Morgan fingerprint density at radius 3 is 2.62 bits per heavy atom. The van der Waals surface area contributed by atoms with E-state index in [1.165, 1.54) is 6.08 Å². The second kappa shape index (κ2) is 7.38. The summed E-state index contributed by atoms with van der Waals surface area (Å²) in [4.78, 5) is 14.6. The third kappa shape index (κ3) is 4.68. The van der Waals surface area contributed by atoms with E-state index in [1.807, 2.05) is 12.1 Å². The Hall–Kier alpha value is -1.66. The van der Waals surface area contributed by atoms with Crippen LogP contribution in [0.25, 0.3) is 6.08 Å². The number of hydrogen-bond acceptors (Lipinski definition) is 3. The van der Waals surface area contributed by atoms with Gasteiger partial charge in [-0.1, -0.05) is 6.07 Å². The van der Waals surface area contributed by atoms with Crippen LogP contribution in [-0.2, 0) is 11.4 Å². The van der Waals surface area contributed by atoms with Crippen molar-refractivity contribution in [1.82, 2.24) is 4.98 Å². The summed E-state index contributed by atoms with van der Waals surface area (Å²) in [6.45, 7) is 0.398. The fraction of sp³-hybridized carbons (Fsp3) is 0.0667. The molecular weight excluding hydrogens is 402 g/mol. The molecule has 0 unspecified atom stereocenters. The number of carbonyl (C=O) groups is 1. The van der Waals surface area contributed by atoms with Crippen molar-refractivity contribution >= 4 is 43.9 Å². The number of hydrogen-bond donors (Lipinski definition) is 1. The molecule has 0 saturated heterocycles. The molecule has 1 aromatic carbocycles. The lowest BCUT2D eigenvalue weighted by atomic mass is 10.2. The van der Waals surface area contributed by atoms with E-state index in [0.717, 1.165) is 26.1 Å². The third-order valence-electron chi connectivity index (χ3n) is 2.54. The molecule has 4 nitrogen and oxygen atoms in total. The van der Waals surface area contributed by atoms with Crippen LogP contribution in [0.15, 0.2) is 51.7 Å². The highest BCUT2D eigenvalue weighted by atomic mass is 79.9. The van der Waals surface area contributed by atoms with Gasteiger partial charge in [-0.3, -0.25) is 4.98 Å². The molecule has 21 heavy (non-hydrogen) atoms. The molecule has 0 spiro atoms. The predicted octanol–water partition coefficient (Wildman–Crippen LogP) is 4.28. The topological polar surface area (TPSA) is 59.4 Å².